The molecule has 15 heteroatoms. The van der Waals surface area contributed by atoms with E-state index in [2.05, 4.69) is 34.3 Å². The van der Waals surface area contributed by atoms with Crippen LogP contribution < -0.4 is 29.6 Å². The van der Waals surface area contributed by atoms with Gasteiger partial charge in [0.1, 0.15) is 51.1 Å². The van der Waals surface area contributed by atoms with E-state index in [0.717, 1.165) is 49.4 Å². The van der Waals surface area contributed by atoms with Gasteiger partial charge < -0.3 is 57.4 Å². The number of quaternary nitrogens is 1. The molecule has 0 fully saturated rings. The van der Waals surface area contributed by atoms with Gasteiger partial charge in [-0.1, -0.05) is 30.3 Å². The Hall–Kier alpha value is -6.30. The van der Waals surface area contributed by atoms with Crippen molar-refractivity contribution in [2.24, 2.45) is 0 Å². The van der Waals surface area contributed by atoms with Gasteiger partial charge >= 0.3 is 12.1 Å². The first-order valence-electron chi connectivity index (χ1n) is 22.3. The summed E-state index contributed by atoms with van der Waals surface area (Å²) in [5, 5.41) is 4.98. The van der Waals surface area contributed by atoms with Gasteiger partial charge in [-0.25, -0.2) is 9.59 Å². The smallest absolute Gasteiger partial charge is 0.411 e. The van der Waals surface area contributed by atoms with Crippen LogP contribution in [0.25, 0.3) is 0 Å². The van der Waals surface area contributed by atoms with Crippen LogP contribution in [-0.2, 0) is 46.3 Å². The molecule has 0 spiro atoms. The van der Waals surface area contributed by atoms with Crippen LogP contribution >= 0.6 is 0 Å². The number of fused-ring (bicyclic) bond motifs is 1. The normalized spacial score (nSPS) is 14.1. The third-order valence-electron chi connectivity index (χ3n) is 9.40. The number of amides is 1. The van der Waals surface area contributed by atoms with E-state index in [1.807, 2.05) is 66.7 Å². The second kappa shape index (κ2) is 32.4. The summed E-state index contributed by atoms with van der Waals surface area (Å²) >= 11 is 0. The standard InChI is InChI=1S/C51H60N2O13/c54-50(44-17-22-48-49(39-44)64-38-36-60-34-32-58-30-28-56-27-29-57-31-33-59-35-37-63-48)66-41-43-15-20-47(21-16-43)62-25-9-2-1-8-24-61-46-18-13-42(14-19-46)40-52-23-7-4-10-26-65-51(55)53-45-11-5-3-6-12-45/h3,5-6,11-22,39,52H,4,7,10,23-38,40-41H2,(H,53,55)/p+1. The third-order valence-corrected chi connectivity index (χ3v) is 9.40. The number of hydrogen-bond acceptors (Lipinski definition) is 13. The number of benzene rings is 4. The minimum Gasteiger partial charge on any atom is -0.487 e. The van der Waals surface area contributed by atoms with Crippen molar-refractivity contribution in [1.82, 2.24) is 0 Å². The van der Waals surface area contributed by atoms with Gasteiger partial charge in [-0.3, -0.25) is 5.32 Å². The molecule has 0 aromatic heterocycles. The van der Waals surface area contributed by atoms with Crippen molar-refractivity contribution in [2.75, 3.05) is 111 Å². The number of ether oxygens (including phenoxy) is 11. The van der Waals surface area contributed by atoms with Crippen molar-refractivity contribution >= 4 is 17.7 Å². The molecule has 3 N–H and O–H groups in total. The largest absolute Gasteiger partial charge is 0.487 e. The van der Waals surface area contributed by atoms with Crippen LogP contribution in [0.15, 0.2) is 97.1 Å². The summed E-state index contributed by atoms with van der Waals surface area (Å²) in [7, 11) is 0. The molecule has 0 aliphatic carbocycles. The number of carbonyl (C=O) groups excluding carboxylic acids is 2. The number of hydrogen-bond donors (Lipinski definition) is 2. The Labute approximate surface area is 387 Å². The summed E-state index contributed by atoms with van der Waals surface area (Å²) in [6.07, 6.45) is 2.44. The number of nitrogens with two attached hydrogens (primary N) is 1. The Kier molecular flexibility index (Phi) is 24.9. The highest BCUT2D eigenvalue weighted by atomic mass is 16.6. The van der Waals surface area contributed by atoms with E-state index in [1.165, 1.54) is 5.56 Å². The number of anilines is 1. The molecule has 0 radical (unpaired) electrons. The van der Waals surface area contributed by atoms with Crippen molar-refractivity contribution in [3.63, 3.8) is 0 Å². The van der Waals surface area contributed by atoms with E-state index in [-0.39, 0.29) is 33.0 Å². The summed E-state index contributed by atoms with van der Waals surface area (Å²) < 4.78 is 61.8. The highest BCUT2D eigenvalue weighted by molar-refractivity contribution is 5.90. The molecule has 4 aromatic rings. The van der Waals surface area contributed by atoms with Crippen LogP contribution in [0.2, 0.25) is 0 Å². The molecule has 4 aromatic carbocycles. The lowest BCUT2D eigenvalue weighted by molar-refractivity contribution is -0.671. The molecule has 15 nitrogen and oxygen atoms in total. The highest BCUT2D eigenvalue weighted by Crippen LogP contribution is 2.29. The minimum absolute atomic E-state index is 0.0648. The Morgan fingerprint density at radius 2 is 1.11 bits per heavy atom. The summed E-state index contributed by atoms with van der Waals surface area (Å²) in [4.78, 5) is 24.9. The molecule has 0 bridgehead atoms. The number of para-hydroxylation sites is 1. The average molecular weight is 910 g/mol. The lowest BCUT2D eigenvalue weighted by atomic mass is 10.2. The second-order valence-corrected chi connectivity index (χ2v) is 14.4. The molecule has 0 saturated heterocycles. The Morgan fingerprint density at radius 1 is 0.561 bits per heavy atom. The maximum atomic E-state index is 13.0. The van der Waals surface area contributed by atoms with Crippen LogP contribution in [0.4, 0.5) is 10.5 Å². The molecule has 0 saturated carbocycles. The molecule has 66 heavy (non-hydrogen) atoms. The van der Waals surface area contributed by atoms with Gasteiger partial charge in [-0.2, -0.15) is 0 Å². The van der Waals surface area contributed by atoms with Gasteiger partial charge in [0.2, 0.25) is 0 Å². The van der Waals surface area contributed by atoms with E-state index in [9.17, 15) is 9.59 Å². The predicted molar refractivity (Wildman–Crippen MR) is 246 cm³/mol. The zero-order valence-electron chi connectivity index (χ0n) is 37.5. The molecule has 0 unspecified atom stereocenters. The van der Waals surface area contributed by atoms with Crippen molar-refractivity contribution in [3.05, 3.63) is 114 Å². The van der Waals surface area contributed by atoms with Gasteiger partial charge in [-0.05, 0) is 115 Å². The summed E-state index contributed by atoms with van der Waals surface area (Å²) in [5.41, 5.74) is 3.03. The predicted octanol–water partition coefficient (Wildman–Crippen LogP) is 5.84. The molecule has 0 atom stereocenters. The van der Waals surface area contributed by atoms with Crippen molar-refractivity contribution in [3.8, 4) is 46.7 Å². The van der Waals surface area contributed by atoms with E-state index in [1.54, 1.807) is 30.3 Å². The number of carbonyl (C=O) groups is 2. The van der Waals surface area contributed by atoms with Gasteiger partial charge in [0.05, 0.1) is 84.8 Å². The van der Waals surface area contributed by atoms with Crippen molar-refractivity contribution in [1.29, 1.82) is 0 Å². The monoisotopic (exact) mass is 909 g/mol. The highest BCUT2D eigenvalue weighted by Gasteiger charge is 2.14. The SMILES string of the molecule is O=C(Nc1ccccc1)OCCCCC[NH2+]Cc1ccc(OCC#CC#CCOc2ccc(COC(=O)c3ccc4c(c3)OCCOCCOCCOCCOCCOCCO4)cc2)cc1. The maximum Gasteiger partial charge on any atom is 0.411 e. The first-order valence-corrected chi connectivity index (χ1v) is 22.3. The van der Waals surface area contributed by atoms with Crippen LogP contribution in [-0.4, -0.2) is 118 Å². The molecule has 352 valence electrons. The van der Waals surface area contributed by atoms with E-state index < -0.39 is 12.1 Å². The molecule has 1 aliphatic heterocycles. The van der Waals surface area contributed by atoms with Crippen molar-refractivity contribution < 1.29 is 67.0 Å². The van der Waals surface area contributed by atoms with E-state index in [0.29, 0.717) is 95.5 Å². The fourth-order valence-corrected chi connectivity index (χ4v) is 5.98. The van der Waals surface area contributed by atoms with Gasteiger partial charge in [0.15, 0.2) is 11.5 Å². The first-order chi connectivity index (χ1) is 32.6. The summed E-state index contributed by atoms with van der Waals surface area (Å²) in [6, 6.07) is 29.4. The van der Waals surface area contributed by atoms with E-state index >= 15 is 0 Å². The number of esters is 1. The topological polar surface area (TPSA) is 164 Å². The van der Waals surface area contributed by atoms with Gasteiger partial charge in [-0.15, -0.1) is 0 Å². The Morgan fingerprint density at radius 3 is 1.70 bits per heavy atom. The fraction of sp³-hybridized carbons (Fsp3) is 0.412. The van der Waals surface area contributed by atoms with Crippen molar-refractivity contribution in [2.45, 2.75) is 32.4 Å². The number of nitrogens with one attached hydrogen (secondary N) is 1. The summed E-state index contributed by atoms with van der Waals surface area (Å²) in [5.74, 6) is 13.1. The van der Waals surface area contributed by atoms with Crippen LogP contribution in [0.5, 0.6) is 23.0 Å². The molecule has 1 amide bonds. The van der Waals surface area contributed by atoms with Gasteiger partial charge in [0, 0.05) is 11.3 Å². The molecule has 1 heterocycles. The van der Waals surface area contributed by atoms with Crippen LogP contribution in [0.1, 0.15) is 40.7 Å². The lowest BCUT2D eigenvalue weighted by Crippen LogP contribution is -2.82. The van der Waals surface area contributed by atoms with Crippen LogP contribution in [0.3, 0.4) is 0 Å². The summed E-state index contributed by atoms with van der Waals surface area (Å²) in [6.45, 7) is 7.57. The molecular formula is C51H61N2O13+. The van der Waals surface area contributed by atoms with Crippen LogP contribution in [0, 0.1) is 23.7 Å². The van der Waals surface area contributed by atoms with Gasteiger partial charge in [0.25, 0.3) is 0 Å². The van der Waals surface area contributed by atoms with E-state index in [4.69, 9.17) is 52.1 Å². The Balaban J connectivity index is 0.922. The maximum absolute atomic E-state index is 13.0. The lowest BCUT2D eigenvalue weighted by Gasteiger charge is -2.15. The second-order valence-electron chi connectivity index (χ2n) is 14.4. The molecule has 5 rings (SSSR count). The molecule has 1 aliphatic rings. The molecular weight excluding hydrogens is 849 g/mol. The fourth-order valence-electron chi connectivity index (χ4n) is 5.98. The first kappa shape index (κ1) is 50.7. The average Bonchev–Trinajstić information content (AvgIpc) is 3.34. The minimum atomic E-state index is -0.509. The zero-order valence-corrected chi connectivity index (χ0v) is 37.5. The number of rotatable bonds is 16. The third kappa shape index (κ3) is 22.1. The zero-order chi connectivity index (χ0) is 46.0. The number of unbranched alkanes of at least 4 members (excludes halogenated alkanes) is 2. The quantitative estimate of drug-likeness (QED) is 0.0784. The Bertz CT molecular complexity index is 2100.